The van der Waals surface area contributed by atoms with E-state index in [4.69, 9.17) is 11.6 Å². The number of halogens is 1. The fourth-order valence-electron chi connectivity index (χ4n) is 1.70. The Balaban J connectivity index is 2.07. The lowest BCUT2D eigenvalue weighted by molar-refractivity contribution is -0.118. The van der Waals surface area contributed by atoms with Crippen LogP contribution < -0.4 is 5.32 Å². The number of amides is 1. The molecule has 2 rings (SSSR count). The fourth-order valence-corrected chi connectivity index (χ4v) is 1.94. The number of rotatable bonds is 2. The third kappa shape index (κ3) is 2.32. The van der Waals surface area contributed by atoms with Gasteiger partial charge < -0.3 is 0 Å². The van der Waals surface area contributed by atoms with Crippen LogP contribution in [0.25, 0.3) is 0 Å². The number of hydrogen-bond donors (Lipinski definition) is 1. The molecule has 1 amide bonds. The van der Waals surface area contributed by atoms with Gasteiger partial charge in [0.05, 0.1) is 0 Å². The van der Waals surface area contributed by atoms with Crippen LogP contribution in [0.2, 0.25) is 5.15 Å². The number of anilines is 1. The van der Waals surface area contributed by atoms with Crippen LogP contribution in [0.3, 0.4) is 0 Å². The Morgan fingerprint density at radius 3 is 2.69 bits per heavy atom. The monoisotopic (exact) mass is 239 g/mol. The molecule has 4 nitrogen and oxygen atoms in total. The maximum absolute atomic E-state index is 11.8. The smallest absolute Gasteiger partial charge is 0.231 e. The maximum Gasteiger partial charge on any atom is 0.231 e. The van der Waals surface area contributed by atoms with Crippen LogP contribution in [0.5, 0.6) is 0 Å². The highest BCUT2D eigenvalue weighted by atomic mass is 35.5. The van der Waals surface area contributed by atoms with E-state index in [9.17, 15) is 4.79 Å². The van der Waals surface area contributed by atoms with Gasteiger partial charge in [0.25, 0.3) is 0 Å². The summed E-state index contributed by atoms with van der Waals surface area (Å²) in [5.74, 6) is 0.333. The molecule has 0 bridgehead atoms. The van der Waals surface area contributed by atoms with Crippen molar-refractivity contribution in [1.82, 2.24) is 9.97 Å². The van der Waals surface area contributed by atoms with Gasteiger partial charge in [0.1, 0.15) is 5.15 Å². The predicted molar refractivity (Wildman–Crippen MR) is 62.3 cm³/mol. The standard InChI is InChI=1S/C11H14ClN3O/c1-6-4-8(12)14-10(13-6)15-9(16)7-5-11(7,2)3/h4,7H,5H2,1-3H3,(H,13,14,15,16). The second kappa shape index (κ2) is 3.70. The van der Waals surface area contributed by atoms with Crippen molar-refractivity contribution in [3.63, 3.8) is 0 Å². The van der Waals surface area contributed by atoms with Gasteiger partial charge in [-0.25, -0.2) is 9.97 Å². The summed E-state index contributed by atoms with van der Waals surface area (Å²) in [6.45, 7) is 5.95. The molecular formula is C11H14ClN3O. The molecule has 0 spiro atoms. The molecule has 1 aromatic heterocycles. The summed E-state index contributed by atoms with van der Waals surface area (Å²) in [5.41, 5.74) is 0.850. The van der Waals surface area contributed by atoms with Crippen molar-refractivity contribution in [3.8, 4) is 0 Å². The number of aromatic nitrogens is 2. The predicted octanol–water partition coefficient (Wildman–Crippen LogP) is 2.42. The molecule has 86 valence electrons. The van der Waals surface area contributed by atoms with Crippen LogP contribution in [0.15, 0.2) is 6.07 Å². The molecule has 0 aliphatic heterocycles. The first-order chi connectivity index (χ1) is 7.38. The first-order valence-electron chi connectivity index (χ1n) is 5.20. The van der Waals surface area contributed by atoms with Crippen molar-refractivity contribution < 1.29 is 4.79 Å². The number of hydrogen-bond acceptors (Lipinski definition) is 3. The summed E-state index contributed by atoms with van der Waals surface area (Å²) >= 11 is 5.78. The molecule has 0 radical (unpaired) electrons. The highest BCUT2D eigenvalue weighted by Crippen LogP contribution is 2.51. The minimum Gasteiger partial charge on any atom is -0.294 e. The molecule has 1 aromatic rings. The summed E-state index contributed by atoms with van der Waals surface area (Å²) in [5, 5.41) is 3.04. The topological polar surface area (TPSA) is 54.9 Å². The van der Waals surface area contributed by atoms with E-state index in [1.54, 1.807) is 6.07 Å². The Labute approximate surface area is 99.4 Å². The van der Waals surface area contributed by atoms with Crippen molar-refractivity contribution in [1.29, 1.82) is 0 Å². The Bertz CT molecular complexity index is 425. The van der Waals surface area contributed by atoms with Crippen molar-refractivity contribution in [2.24, 2.45) is 11.3 Å². The molecule has 5 heteroatoms. The van der Waals surface area contributed by atoms with Gasteiger partial charge in [-0.15, -0.1) is 0 Å². The van der Waals surface area contributed by atoms with Crippen LogP contribution in [0.1, 0.15) is 26.0 Å². The molecule has 0 saturated heterocycles. The van der Waals surface area contributed by atoms with Crippen LogP contribution in [-0.4, -0.2) is 15.9 Å². The summed E-state index contributed by atoms with van der Waals surface area (Å²) in [4.78, 5) is 19.8. The molecule has 1 N–H and O–H groups in total. The number of nitrogens with one attached hydrogen (secondary N) is 1. The second-order valence-corrected chi connectivity index (χ2v) is 5.28. The summed E-state index contributed by atoms with van der Waals surface area (Å²) in [6.07, 6.45) is 0.915. The van der Waals surface area contributed by atoms with Crippen LogP contribution in [0.4, 0.5) is 5.95 Å². The summed E-state index contributed by atoms with van der Waals surface area (Å²) in [6, 6.07) is 1.65. The number of aryl methyl sites for hydroxylation is 1. The van der Waals surface area contributed by atoms with Gasteiger partial charge in [0, 0.05) is 11.6 Å². The van der Waals surface area contributed by atoms with Crippen LogP contribution in [0, 0.1) is 18.3 Å². The average molecular weight is 240 g/mol. The lowest BCUT2D eigenvalue weighted by Gasteiger charge is -2.05. The molecule has 1 saturated carbocycles. The molecule has 1 unspecified atom stereocenters. The maximum atomic E-state index is 11.8. The largest absolute Gasteiger partial charge is 0.294 e. The highest BCUT2D eigenvalue weighted by molar-refractivity contribution is 6.29. The van der Waals surface area contributed by atoms with Gasteiger partial charge >= 0.3 is 0 Å². The van der Waals surface area contributed by atoms with Crippen molar-refractivity contribution >= 4 is 23.5 Å². The fraction of sp³-hybridized carbons (Fsp3) is 0.545. The molecule has 1 atom stereocenters. The lowest BCUT2D eigenvalue weighted by atomic mass is 10.1. The third-order valence-corrected chi connectivity index (χ3v) is 3.08. The van der Waals surface area contributed by atoms with E-state index in [1.165, 1.54) is 0 Å². The molecule has 0 aromatic carbocycles. The first-order valence-corrected chi connectivity index (χ1v) is 5.58. The molecule has 1 heterocycles. The molecule has 1 fully saturated rings. The van der Waals surface area contributed by atoms with Gasteiger partial charge in [-0.2, -0.15) is 0 Å². The van der Waals surface area contributed by atoms with Gasteiger partial charge in [-0.1, -0.05) is 25.4 Å². The molecule has 1 aliphatic rings. The van der Waals surface area contributed by atoms with Crippen molar-refractivity contribution in [3.05, 3.63) is 16.9 Å². The average Bonchev–Trinajstić information content (AvgIpc) is 2.73. The van der Waals surface area contributed by atoms with Gasteiger partial charge in [0.15, 0.2) is 0 Å². The van der Waals surface area contributed by atoms with E-state index < -0.39 is 0 Å². The van der Waals surface area contributed by atoms with E-state index in [-0.39, 0.29) is 23.2 Å². The Morgan fingerprint density at radius 2 is 2.19 bits per heavy atom. The summed E-state index contributed by atoms with van der Waals surface area (Å²) in [7, 11) is 0. The molecule has 1 aliphatic carbocycles. The zero-order chi connectivity index (χ0) is 11.9. The van der Waals surface area contributed by atoms with Crippen molar-refractivity contribution in [2.45, 2.75) is 27.2 Å². The number of nitrogens with zero attached hydrogens (tertiary/aromatic N) is 2. The minimum atomic E-state index is -0.0216. The van der Waals surface area contributed by atoms with E-state index in [1.807, 2.05) is 6.92 Å². The lowest BCUT2D eigenvalue weighted by Crippen LogP contribution is -2.18. The number of carbonyl (C=O) groups excluding carboxylic acids is 1. The van der Waals surface area contributed by atoms with Crippen molar-refractivity contribution in [2.75, 3.05) is 5.32 Å². The Kier molecular flexibility index (Phi) is 2.62. The summed E-state index contributed by atoms with van der Waals surface area (Å²) < 4.78 is 0. The van der Waals surface area contributed by atoms with Crippen LogP contribution >= 0.6 is 11.6 Å². The zero-order valence-electron chi connectivity index (χ0n) is 9.54. The van der Waals surface area contributed by atoms with Gasteiger partial charge in [0.2, 0.25) is 11.9 Å². The second-order valence-electron chi connectivity index (χ2n) is 4.89. The van der Waals surface area contributed by atoms with Gasteiger partial charge in [-0.3, -0.25) is 10.1 Å². The van der Waals surface area contributed by atoms with E-state index in [2.05, 4.69) is 29.1 Å². The molecule has 16 heavy (non-hydrogen) atoms. The zero-order valence-corrected chi connectivity index (χ0v) is 10.3. The SMILES string of the molecule is Cc1cc(Cl)nc(NC(=O)C2CC2(C)C)n1. The van der Waals surface area contributed by atoms with E-state index in [0.29, 0.717) is 5.15 Å². The van der Waals surface area contributed by atoms with E-state index in [0.717, 1.165) is 12.1 Å². The quantitative estimate of drug-likeness (QED) is 0.807. The Hall–Kier alpha value is -1.16. The number of carbonyl (C=O) groups is 1. The Morgan fingerprint density at radius 1 is 1.56 bits per heavy atom. The third-order valence-electron chi connectivity index (χ3n) is 2.89. The van der Waals surface area contributed by atoms with E-state index >= 15 is 0 Å². The minimum absolute atomic E-state index is 0.0216. The highest BCUT2D eigenvalue weighted by Gasteiger charge is 2.50. The van der Waals surface area contributed by atoms with Crippen LogP contribution in [-0.2, 0) is 4.79 Å². The normalized spacial score (nSPS) is 21.6. The molecular weight excluding hydrogens is 226 g/mol. The van der Waals surface area contributed by atoms with Gasteiger partial charge in [-0.05, 0) is 24.8 Å². The first kappa shape index (κ1) is 11.3.